The first-order valence-electron chi connectivity index (χ1n) is 7.46. The summed E-state index contributed by atoms with van der Waals surface area (Å²) < 4.78 is 0. The van der Waals surface area contributed by atoms with Crippen LogP contribution in [0.5, 0.6) is 0 Å². The monoisotopic (exact) mass is 348 g/mol. The van der Waals surface area contributed by atoms with Crippen molar-refractivity contribution in [2.75, 3.05) is 5.32 Å². The molecule has 2 rings (SSSR count). The van der Waals surface area contributed by atoms with Crippen LogP contribution < -0.4 is 5.32 Å². The Labute approximate surface area is 146 Å². The Hall–Kier alpha value is -1.52. The maximum Gasteiger partial charge on any atom is 0.237 e. The molecule has 0 unspecified atom stereocenters. The van der Waals surface area contributed by atoms with Crippen molar-refractivity contribution in [2.45, 2.75) is 43.3 Å². The summed E-state index contributed by atoms with van der Waals surface area (Å²) in [7, 11) is 0. The van der Waals surface area contributed by atoms with Crippen molar-refractivity contribution >= 4 is 35.0 Å². The van der Waals surface area contributed by atoms with E-state index in [1.165, 1.54) is 17.3 Å². The Morgan fingerprint density at radius 1 is 1.22 bits per heavy atom. The lowest BCUT2D eigenvalue weighted by atomic mass is 9.87. The number of carbonyl (C=O) groups is 1. The van der Waals surface area contributed by atoms with Crippen LogP contribution in [0.15, 0.2) is 47.5 Å². The maximum atomic E-state index is 12.3. The summed E-state index contributed by atoms with van der Waals surface area (Å²) in [5.74, 6) is -0.0928. The SMILES string of the molecule is C[C@H](Sc1ccc(C(C)(C)C)cc1)C(=O)Nc1cccnc1Cl. The summed E-state index contributed by atoms with van der Waals surface area (Å²) in [6, 6.07) is 11.8. The van der Waals surface area contributed by atoms with Crippen LogP contribution in [0.2, 0.25) is 5.15 Å². The topological polar surface area (TPSA) is 42.0 Å². The molecule has 0 saturated heterocycles. The van der Waals surface area contributed by atoms with Gasteiger partial charge in [-0.1, -0.05) is 44.5 Å². The molecule has 1 atom stereocenters. The lowest BCUT2D eigenvalue weighted by Gasteiger charge is -2.19. The average molecular weight is 349 g/mol. The summed E-state index contributed by atoms with van der Waals surface area (Å²) in [4.78, 5) is 17.3. The molecule has 0 spiro atoms. The average Bonchev–Trinajstić information content (AvgIpc) is 2.49. The molecule has 2 aromatic rings. The van der Waals surface area contributed by atoms with E-state index in [-0.39, 0.29) is 16.6 Å². The largest absolute Gasteiger partial charge is 0.322 e. The lowest BCUT2D eigenvalue weighted by molar-refractivity contribution is -0.115. The highest BCUT2D eigenvalue weighted by atomic mass is 35.5. The number of amides is 1. The van der Waals surface area contributed by atoms with Crippen LogP contribution in [0.25, 0.3) is 0 Å². The summed E-state index contributed by atoms with van der Waals surface area (Å²) in [5, 5.41) is 2.88. The van der Waals surface area contributed by atoms with E-state index in [0.29, 0.717) is 10.8 Å². The number of anilines is 1. The second kappa shape index (κ2) is 7.37. The number of hydrogen-bond donors (Lipinski definition) is 1. The number of nitrogens with one attached hydrogen (secondary N) is 1. The summed E-state index contributed by atoms with van der Waals surface area (Å²) in [6.07, 6.45) is 1.59. The van der Waals surface area contributed by atoms with E-state index < -0.39 is 0 Å². The zero-order valence-electron chi connectivity index (χ0n) is 13.8. The number of pyridine rings is 1. The number of thioether (sulfide) groups is 1. The van der Waals surface area contributed by atoms with Gasteiger partial charge in [0, 0.05) is 11.1 Å². The van der Waals surface area contributed by atoms with E-state index in [2.05, 4.69) is 55.3 Å². The summed E-state index contributed by atoms with van der Waals surface area (Å²) in [6.45, 7) is 8.43. The standard InChI is InChI=1S/C18H21ClN2OS/c1-12(17(22)21-15-6-5-11-20-16(15)19)23-14-9-7-13(8-10-14)18(2,3)4/h5-12H,1-4H3,(H,21,22)/t12-/m0/s1. The first-order chi connectivity index (χ1) is 10.8. The van der Waals surface area contributed by atoms with Gasteiger partial charge < -0.3 is 5.32 Å². The van der Waals surface area contributed by atoms with Gasteiger partial charge in [-0.3, -0.25) is 4.79 Å². The first-order valence-corrected chi connectivity index (χ1v) is 8.72. The number of rotatable bonds is 4. The molecule has 0 bridgehead atoms. The Kier molecular flexibility index (Phi) is 5.71. The second-order valence-electron chi connectivity index (χ2n) is 6.37. The van der Waals surface area contributed by atoms with Crippen molar-refractivity contribution in [2.24, 2.45) is 0 Å². The van der Waals surface area contributed by atoms with Crippen LogP contribution >= 0.6 is 23.4 Å². The zero-order valence-corrected chi connectivity index (χ0v) is 15.3. The minimum atomic E-state index is -0.230. The minimum Gasteiger partial charge on any atom is -0.322 e. The van der Waals surface area contributed by atoms with Crippen LogP contribution in [0.3, 0.4) is 0 Å². The Bertz CT molecular complexity index is 680. The molecule has 0 aliphatic heterocycles. The fraction of sp³-hybridized carbons (Fsp3) is 0.333. The quantitative estimate of drug-likeness (QED) is 0.613. The Morgan fingerprint density at radius 2 is 1.87 bits per heavy atom. The molecule has 3 nitrogen and oxygen atoms in total. The van der Waals surface area contributed by atoms with Gasteiger partial charge in [0.2, 0.25) is 5.91 Å². The van der Waals surface area contributed by atoms with Crippen molar-refractivity contribution in [1.82, 2.24) is 4.98 Å². The molecular weight excluding hydrogens is 328 g/mol. The number of nitrogens with zero attached hydrogens (tertiary/aromatic N) is 1. The summed E-state index contributed by atoms with van der Waals surface area (Å²) in [5.41, 5.74) is 1.94. The molecule has 0 aliphatic rings. The number of carbonyl (C=O) groups excluding carboxylic acids is 1. The summed E-state index contributed by atoms with van der Waals surface area (Å²) >= 11 is 7.48. The smallest absolute Gasteiger partial charge is 0.237 e. The van der Waals surface area contributed by atoms with Gasteiger partial charge in [0.05, 0.1) is 10.9 Å². The Balaban J connectivity index is 2.00. The predicted octanol–water partition coefficient (Wildman–Crippen LogP) is 5.15. The third-order valence-corrected chi connectivity index (χ3v) is 4.83. The lowest BCUT2D eigenvalue weighted by Crippen LogP contribution is -2.22. The maximum absolute atomic E-state index is 12.3. The van der Waals surface area contributed by atoms with Crippen molar-refractivity contribution in [3.05, 3.63) is 53.3 Å². The van der Waals surface area contributed by atoms with Gasteiger partial charge in [-0.05, 0) is 42.2 Å². The molecule has 5 heteroatoms. The number of benzene rings is 1. The van der Waals surface area contributed by atoms with Gasteiger partial charge in [0.15, 0.2) is 5.15 Å². The van der Waals surface area contributed by atoms with Crippen LogP contribution in [0, 0.1) is 0 Å². The molecule has 1 N–H and O–H groups in total. The molecule has 1 aromatic carbocycles. The number of aromatic nitrogens is 1. The highest BCUT2D eigenvalue weighted by molar-refractivity contribution is 8.00. The van der Waals surface area contributed by atoms with Crippen molar-refractivity contribution in [3.8, 4) is 0 Å². The number of hydrogen-bond acceptors (Lipinski definition) is 3. The normalized spacial score (nSPS) is 12.7. The molecule has 1 amide bonds. The van der Waals surface area contributed by atoms with Gasteiger partial charge in [-0.25, -0.2) is 4.98 Å². The predicted molar refractivity (Wildman–Crippen MR) is 98.3 cm³/mol. The molecule has 23 heavy (non-hydrogen) atoms. The fourth-order valence-electron chi connectivity index (χ4n) is 2.00. The van der Waals surface area contributed by atoms with E-state index in [9.17, 15) is 4.79 Å². The molecule has 0 radical (unpaired) electrons. The van der Waals surface area contributed by atoms with Crippen molar-refractivity contribution in [1.29, 1.82) is 0 Å². The molecule has 0 fully saturated rings. The molecular formula is C18H21ClN2OS. The van der Waals surface area contributed by atoms with Gasteiger partial charge in [0.1, 0.15) is 0 Å². The highest BCUT2D eigenvalue weighted by Crippen LogP contribution is 2.28. The third-order valence-electron chi connectivity index (χ3n) is 3.42. The Morgan fingerprint density at radius 3 is 2.43 bits per heavy atom. The van der Waals surface area contributed by atoms with Crippen molar-refractivity contribution < 1.29 is 4.79 Å². The van der Waals surface area contributed by atoms with Gasteiger partial charge in [-0.2, -0.15) is 0 Å². The van der Waals surface area contributed by atoms with Crippen LogP contribution in [0.4, 0.5) is 5.69 Å². The molecule has 0 aliphatic carbocycles. The van der Waals surface area contributed by atoms with E-state index >= 15 is 0 Å². The van der Waals surface area contributed by atoms with Gasteiger partial charge in [-0.15, -0.1) is 11.8 Å². The van der Waals surface area contributed by atoms with Gasteiger partial charge in [0.25, 0.3) is 0 Å². The molecule has 0 saturated carbocycles. The molecule has 122 valence electrons. The second-order valence-corrected chi connectivity index (χ2v) is 8.14. The zero-order chi connectivity index (χ0) is 17.0. The third kappa shape index (κ3) is 4.98. The minimum absolute atomic E-state index is 0.0928. The molecule has 1 aromatic heterocycles. The molecule has 1 heterocycles. The number of halogens is 1. The van der Waals surface area contributed by atoms with Crippen molar-refractivity contribution in [3.63, 3.8) is 0 Å². The fourth-order valence-corrected chi connectivity index (χ4v) is 3.04. The van der Waals surface area contributed by atoms with E-state index in [1.54, 1.807) is 18.3 Å². The van der Waals surface area contributed by atoms with Crippen LogP contribution in [-0.4, -0.2) is 16.1 Å². The van der Waals surface area contributed by atoms with Gasteiger partial charge >= 0.3 is 0 Å². The van der Waals surface area contributed by atoms with Crippen LogP contribution in [0.1, 0.15) is 33.3 Å². The van der Waals surface area contributed by atoms with E-state index in [1.807, 2.05) is 6.92 Å². The highest BCUT2D eigenvalue weighted by Gasteiger charge is 2.17. The van der Waals surface area contributed by atoms with Crippen LogP contribution in [-0.2, 0) is 10.2 Å². The van der Waals surface area contributed by atoms with E-state index in [0.717, 1.165) is 4.90 Å². The first kappa shape index (κ1) is 17.8. The van der Waals surface area contributed by atoms with E-state index in [4.69, 9.17) is 11.6 Å².